The third kappa shape index (κ3) is 5.16. The van der Waals surface area contributed by atoms with Crippen LogP contribution in [0.2, 0.25) is 0 Å². The van der Waals surface area contributed by atoms with Crippen LogP contribution in [0.3, 0.4) is 0 Å². The summed E-state index contributed by atoms with van der Waals surface area (Å²) in [5.41, 5.74) is 5.54. The molecular weight excluding hydrogens is 325 g/mol. The molecule has 1 aromatic carbocycles. The van der Waals surface area contributed by atoms with Gasteiger partial charge in [-0.1, -0.05) is 0 Å². The van der Waals surface area contributed by atoms with Crippen molar-refractivity contribution in [1.82, 2.24) is 5.32 Å². The number of rotatable bonds is 5. The highest BCUT2D eigenvalue weighted by Crippen LogP contribution is 2.29. The van der Waals surface area contributed by atoms with E-state index in [-0.39, 0.29) is 43.1 Å². The van der Waals surface area contributed by atoms with Crippen LogP contribution >= 0.6 is 12.4 Å². The maximum absolute atomic E-state index is 12.8. The summed E-state index contributed by atoms with van der Waals surface area (Å²) < 4.78 is 18.0. The van der Waals surface area contributed by atoms with Crippen molar-refractivity contribution in [1.29, 1.82) is 0 Å². The Hall–Kier alpha value is -1.70. The molecule has 0 atom stereocenters. The number of carbonyl (C=O) groups excluding carboxylic acids is 2. The molecule has 0 saturated carbocycles. The minimum absolute atomic E-state index is 0. The summed E-state index contributed by atoms with van der Waals surface area (Å²) in [6, 6.07) is 5.41. The van der Waals surface area contributed by atoms with Gasteiger partial charge in [0.2, 0.25) is 11.8 Å². The molecule has 128 valence electrons. The van der Waals surface area contributed by atoms with E-state index in [0.717, 1.165) is 0 Å². The molecule has 2 rings (SSSR count). The number of carbonyl (C=O) groups is 2. The lowest BCUT2D eigenvalue weighted by atomic mass is 9.79. The quantitative estimate of drug-likeness (QED) is 0.743. The Bertz CT molecular complexity index is 533. The largest absolute Gasteiger partial charge is 0.381 e. The lowest BCUT2D eigenvalue weighted by Crippen LogP contribution is -2.50. The Morgan fingerprint density at radius 2 is 1.83 bits per heavy atom. The van der Waals surface area contributed by atoms with E-state index in [1.165, 1.54) is 24.3 Å². The molecule has 0 radical (unpaired) electrons. The molecule has 1 aliphatic rings. The lowest BCUT2D eigenvalue weighted by molar-refractivity contribution is -0.137. The predicted molar refractivity (Wildman–Crippen MR) is 86.8 cm³/mol. The van der Waals surface area contributed by atoms with Gasteiger partial charge >= 0.3 is 0 Å². The van der Waals surface area contributed by atoms with Crippen LogP contribution in [0.25, 0.3) is 0 Å². The minimum atomic E-state index is -0.658. The zero-order valence-electron chi connectivity index (χ0n) is 12.6. The van der Waals surface area contributed by atoms with E-state index in [2.05, 4.69) is 10.6 Å². The molecule has 1 aliphatic heterocycles. The zero-order chi connectivity index (χ0) is 16.0. The molecule has 4 N–H and O–H groups in total. The summed E-state index contributed by atoms with van der Waals surface area (Å²) in [6.07, 6.45) is 1.10. The summed E-state index contributed by atoms with van der Waals surface area (Å²) in [5, 5.41) is 5.20. The first-order valence-electron chi connectivity index (χ1n) is 7.17. The summed E-state index contributed by atoms with van der Waals surface area (Å²) in [5.74, 6) is -0.984. The Morgan fingerprint density at radius 3 is 2.39 bits per heavy atom. The molecule has 1 saturated heterocycles. The first kappa shape index (κ1) is 19.3. The number of halogens is 2. The van der Waals surface area contributed by atoms with Crippen molar-refractivity contribution in [2.45, 2.75) is 12.8 Å². The van der Waals surface area contributed by atoms with E-state index in [1.807, 2.05) is 0 Å². The predicted octanol–water partition coefficient (Wildman–Crippen LogP) is 1.06. The highest BCUT2D eigenvalue weighted by Gasteiger charge is 2.38. The monoisotopic (exact) mass is 345 g/mol. The van der Waals surface area contributed by atoms with Gasteiger partial charge in [0.15, 0.2) is 0 Å². The molecule has 1 fully saturated rings. The number of nitrogens with one attached hydrogen (secondary N) is 2. The first-order valence-corrected chi connectivity index (χ1v) is 7.17. The molecule has 0 unspecified atom stereocenters. The van der Waals surface area contributed by atoms with Gasteiger partial charge in [-0.2, -0.15) is 0 Å². The Balaban J connectivity index is 0.00000264. The number of anilines is 1. The van der Waals surface area contributed by atoms with Crippen LogP contribution in [0.5, 0.6) is 0 Å². The summed E-state index contributed by atoms with van der Waals surface area (Å²) >= 11 is 0. The SMILES string of the molecule is Cl.NCC1(C(=O)NCC(=O)Nc2ccc(F)cc2)CCOCC1. The van der Waals surface area contributed by atoms with Crippen LogP contribution in [0.15, 0.2) is 24.3 Å². The topological polar surface area (TPSA) is 93.5 Å². The molecule has 0 bridgehead atoms. The molecule has 23 heavy (non-hydrogen) atoms. The highest BCUT2D eigenvalue weighted by atomic mass is 35.5. The van der Waals surface area contributed by atoms with Gasteiger partial charge in [-0.05, 0) is 37.1 Å². The number of nitrogens with two attached hydrogens (primary N) is 1. The van der Waals surface area contributed by atoms with Crippen molar-refractivity contribution in [3.05, 3.63) is 30.1 Å². The molecule has 1 heterocycles. The van der Waals surface area contributed by atoms with Gasteiger partial charge in [-0.3, -0.25) is 9.59 Å². The van der Waals surface area contributed by atoms with E-state index in [1.54, 1.807) is 0 Å². The van der Waals surface area contributed by atoms with E-state index in [9.17, 15) is 14.0 Å². The standard InChI is InChI=1S/C15H20FN3O3.ClH/c16-11-1-3-12(4-2-11)19-13(20)9-18-14(21)15(10-17)5-7-22-8-6-15;/h1-4H,5-10,17H2,(H,18,21)(H,19,20);1H. The van der Waals surface area contributed by atoms with Crippen LogP contribution in [0, 0.1) is 11.2 Å². The molecule has 0 aromatic heterocycles. The van der Waals surface area contributed by atoms with Crippen molar-refractivity contribution < 1.29 is 18.7 Å². The third-order valence-electron chi connectivity index (χ3n) is 3.86. The van der Waals surface area contributed by atoms with Gasteiger partial charge in [-0.25, -0.2) is 4.39 Å². The second-order valence-corrected chi connectivity index (χ2v) is 5.33. The second kappa shape index (κ2) is 8.81. The molecular formula is C15H21ClFN3O3. The van der Waals surface area contributed by atoms with Crippen LogP contribution in [-0.2, 0) is 14.3 Å². The maximum atomic E-state index is 12.8. The number of hydrogen-bond acceptors (Lipinski definition) is 4. The molecule has 0 spiro atoms. The summed E-state index contributed by atoms with van der Waals surface area (Å²) in [7, 11) is 0. The van der Waals surface area contributed by atoms with E-state index < -0.39 is 5.41 Å². The van der Waals surface area contributed by atoms with Crippen molar-refractivity contribution in [2.75, 3.05) is 31.6 Å². The van der Waals surface area contributed by atoms with Crippen LogP contribution in [0.4, 0.5) is 10.1 Å². The second-order valence-electron chi connectivity index (χ2n) is 5.33. The van der Waals surface area contributed by atoms with Crippen LogP contribution < -0.4 is 16.4 Å². The highest BCUT2D eigenvalue weighted by molar-refractivity contribution is 5.95. The lowest BCUT2D eigenvalue weighted by Gasteiger charge is -2.34. The van der Waals surface area contributed by atoms with E-state index in [4.69, 9.17) is 10.5 Å². The fourth-order valence-corrected chi connectivity index (χ4v) is 2.37. The van der Waals surface area contributed by atoms with Gasteiger partial charge in [0.1, 0.15) is 5.82 Å². The van der Waals surface area contributed by atoms with Crippen LogP contribution in [0.1, 0.15) is 12.8 Å². The Labute approximate surface area is 140 Å². The number of hydrogen-bond donors (Lipinski definition) is 3. The van der Waals surface area contributed by atoms with Gasteiger partial charge < -0.3 is 21.1 Å². The fourth-order valence-electron chi connectivity index (χ4n) is 2.37. The molecule has 1 aromatic rings. The van der Waals surface area contributed by atoms with Crippen molar-refractivity contribution >= 4 is 29.9 Å². The van der Waals surface area contributed by atoms with Gasteiger partial charge in [0.25, 0.3) is 0 Å². The van der Waals surface area contributed by atoms with Gasteiger partial charge in [0, 0.05) is 25.4 Å². The number of amides is 2. The average molecular weight is 346 g/mol. The normalized spacial score (nSPS) is 16.1. The Morgan fingerprint density at radius 1 is 1.22 bits per heavy atom. The smallest absolute Gasteiger partial charge is 0.243 e. The molecule has 0 aliphatic carbocycles. The summed E-state index contributed by atoms with van der Waals surface area (Å²) in [6.45, 7) is 1.05. The minimum Gasteiger partial charge on any atom is -0.381 e. The number of benzene rings is 1. The molecule has 6 nitrogen and oxygen atoms in total. The average Bonchev–Trinajstić information content (AvgIpc) is 2.55. The van der Waals surface area contributed by atoms with Crippen molar-refractivity contribution in [3.8, 4) is 0 Å². The van der Waals surface area contributed by atoms with E-state index in [0.29, 0.717) is 31.7 Å². The fraction of sp³-hybridized carbons (Fsp3) is 0.467. The number of ether oxygens (including phenoxy) is 1. The maximum Gasteiger partial charge on any atom is 0.243 e. The first-order chi connectivity index (χ1) is 10.6. The van der Waals surface area contributed by atoms with Crippen molar-refractivity contribution in [2.24, 2.45) is 11.1 Å². The van der Waals surface area contributed by atoms with Crippen molar-refractivity contribution in [3.63, 3.8) is 0 Å². The van der Waals surface area contributed by atoms with Gasteiger partial charge in [0.05, 0.1) is 12.0 Å². The van der Waals surface area contributed by atoms with Gasteiger partial charge in [-0.15, -0.1) is 12.4 Å². The third-order valence-corrected chi connectivity index (χ3v) is 3.86. The van der Waals surface area contributed by atoms with Crippen LogP contribution in [-0.4, -0.2) is 38.1 Å². The molecule has 8 heteroatoms. The molecule has 2 amide bonds. The zero-order valence-corrected chi connectivity index (χ0v) is 13.5. The summed E-state index contributed by atoms with van der Waals surface area (Å²) in [4.78, 5) is 24.1. The Kier molecular flexibility index (Phi) is 7.41. The van der Waals surface area contributed by atoms with E-state index >= 15 is 0 Å².